The van der Waals surface area contributed by atoms with E-state index in [-0.39, 0.29) is 24.4 Å². The third-order valence-electron chi connectivity index (χ3n) is 3.81. The maximum Gasteiger partial charge on any atom is 0.239 e. The van der Waals surface area contributed by atoms with Crippen molar-refractivity contribution >= 4 is 18.3 Å². The van der Waals surface area contributed by atoms with Gasteiger partial charge in [0.1, 0.15) is 0 Å². The number of carbonyl (C=O) groups is 1. The van der Waals surface area contributed by atoms with Gasteiger partial charge in [0.25, 0.3) is 0 Å². The van der Waals surface area contributed by atoms with E-state index >= 15 is 0 Å². The van der Waals surface area contributed by atoms with Gasteiger partial charge in [0.05, 0.1) is 6.04 Å². The second-order valence-electron chi connectivity index (χ2n) is 5.46. The molecule has 1 heterocycles. The molecule has 1 saturated carbocycles. The highest BCUT2D eigenvalue weighted by atomic mass is 35.5. The van der Waals surface area contributed by atoms with Crippen LogP contribution in [0.5, 0.6) is 0 Å². The van der Waals surface area contributed by atoms with Gasteiger partial charge < -0.3 is 10.6 Å². The van der Waals surface area contributed by atoms with Crippen molar-refractivity contribution in [3.63, 3.8) is 0 Å². The molecule has 2 fully saturated rings. The molecular formula is C13H26ClN3O. The maximum absolute atomic E-state index is 12.0. The van der Waals surface area contributed by atoms with E-state index in [0.29, 0.717) is 0 Å². The van der Waals surface area contributed by atoms with E-state index < -0.39 is 0 Å². The van der Waals surface area contributed by atoms with Gasteiger partial charge in [0.2, 0.25) is 5.91 Å². The predicted molar refractivity (Wildman–Crippen MR) is 75.9 cm³/mol. The van der Waals surface area contributed by atoms with Crippen LogP contribution in [0, 0.1) is 5.92 Å². The number of carbonyl (C=O) groups excluding carboxylic acids is 1. The molecule has 0 bridgehead atoms. The molecule has 5 heteroatoms. The number of hydrogen-bond acceptors (Lipinski definition) is 3. The smallest absolute Gasteiger partial charge is 0.239 e. The number of rotatable bonds is 5. The van der Waals surface area contributed by atoms with E-state index in [2.05, 4.69) is 11.8 Å². The summed E-state index contributed by atoms with van der Waals surface area (Å²) in [5.74, 6) is 1.09. The first-order chi connectivity index (χ1) is 8.20. The van der Waals surface area contributed by atoms with Crippen LogP contribution >= 0.6 is 12.4 Å². The van der Waals surface area contributed by atoms with Crippen molar-refractivity contribution in [3.05, 3.63) is 0 Å². The molecule has 18 heavy (non-hydrogen) atoms. The van der Waals surface area contributed by atoms with E-state index in [1.54, 1.807) is 0 Å². The van der Waals surface area contributed by atoms with E-state index in [0.717, 1.165) is 44.9 Å². The summed E-state index contributed by atoms with van der Waals surface area (Å²) in [6.45, 7) is 7.10. The zero-order valence-corrected chi connectivity index (χ0v) is 12.1. The van der Waals surface area contributed by atoms with E-state index in [1.165, 1.54) is 19.4 Å². The topological polar surface area (TPSA) is 49.6 Å². The fourth-order valence-electron chi connectivity index (χ4n) is 2.49. The number of nitrogens with zero attached hydrogens (tertiary/aromatic N) is 2. The Hall–Kier alpha value is -0.320. The van der Waals surface area contributed by atoms with Gasteiger partial charge in [-0.2, -0.15) is 0 Å². The normalized spacial score (nSPS) is 22.4. The lowest BCUT2D eigenvalue weighted by Crippen LogP contribution is -2.53. The van der Waals surface area contributed by atoms with Crippen LogP contribution < -0.4 is 5.73 Å². The average Bonchev–Trinajstić information content (AvgIpc) is 3.13. The summed E-state index contributed by atoms with van der Waals surface area (Å²) in [6, 6.07) is -0.282. The Balaban J connectivity index is 0.00000162. The molecule has 2 rings (SSSR count). The molecule has 0 aromatic carbocycles. The molecule has 0 radical (unpaired) electrons. The van der Waals surface area contributed by atoms with Crippen LogP contribution in [0.4, 0.5) is 0 Å². The Morgan fingerprint density at radius 2 is 1.89 bits per heavy atom. The van der Waals surface area contributed by atoms with Crippen molar-refractivity contribution in [2.45, 2.75) is 38.6 Å². The summed E-state index contributed by atoms with van der Waals surface area (Å²) in [4.78, 5) is 16.5. The van der Waals surface area contributed by atoms with Crippen LogP contribution in [-0.4, -0.2) is 54.5 Å². The van der Waals surface area contributed by atoms with Gasteiger partial charge in [-0.15, -0.1) is 12.4 Å². The predicted octanol–water partition coefficient (Wildman–Crippen LogP) is 1.09. The first kappa shape index (κ1) is 15.7. The molecule has 106 valence electrons. The van der Waals surface area contributed by atoms with Crippen molar-refractivity contribution in [2.75, 3.05) is 32.7 Å². The van der Waals surface area contributed by atoms with Gasteiger partial charge in [0.15, 0.2) is 0 Å². The van der Waals surface area contributed by atoms with Crippen molar-refractivity contribution in [2.24, 2.45) is 11.7 Å². The van der Waals surface area contributed by atoms with Gasteiger partial charge in [-0.1, -0.05) is 13.3 Å². The molecule has 1 atom stereocenters. The molecule has 1 aliphatic carbocycles. The quantitative estimate of drug-likeness (QED) is 0.817. The molecule has 2 aliphatic rings. The molecule has 0 spiro atoms. The Bertz CT molecular complexity index is 263. The monoisotopic (exact) mass is 275 g/mol. The molecule has 4 nitrogen and oxygen atoms in total. The van der Waals surface area contributed by atoms with Gasteiger partial charge in [-0.3, -0.25) is 9.69 Å². The van der Waals surface area contributed by atoms with Gasteiger partial charge in [-0.25, -0.2) is 0 Å². The highest BCUT2D eigenvalue weighted by molar-refractivity contribution is 5.85. The molecule has 0 aromatic heterocycles. The number of hydrogen-bond donors (Lipinski definition) is 1. The van der Waals surface area contributed by atoms with Gasteiger partial charge >= 0.3 is 0 Å². The summed E-state index contributed by atoms with van der Waals surface area (Å²) >= 11 is 0. The van der Waals surface area contributed by atoms with Crippen LogP contribution in [0.15, 0.2) is 0 Å². The largest absolute Gasteiger partial charge is 0.339 e. The Morgan fingerprint density at radius 1 is 1.28 bits per heavy atom. The molecule has 1 amide bonds. The minimum atomic E-state index is -0.282. The lowest BCUT2D eigenvalue weighted by atomic mass is 10.1. The summed E-state index contributed by atoms with van der Waals surface area (Å²) in [5.41, 5.74) is 5.88. The fourth-order valence-corrected chi connectivity index (χ4v) is 2.49. The molecule has 1 unspecified atom stereocenters. The van der Waals surface area contributed by atoms with Crippen molar-refractivity contribution < 1.29 is 4.79 Å². The molecule has 1 saturated heterocycles. The van der Waals surface area contributed by atoms with Crippen LogP contribution in [0.3, 0.4) is 0 Å². The molecular weight excluding hydrogens is 250 g/mol. The zero-order valence-electron chi connectivity index (χ0n) is 11.3. The molecule has 2 N–H and O–H groups in total. The highest BCUT2D eigenvalue weighted by Crippen LogP contribution is 2.29. The summed E-state index contributed by atoms with van der Waals surface area (Å²) in [7, 11) is 0. The standard InChI is InChI=1S/C13H25N3O.ClH/c1-2-3-12(14)13(17)16-8-6-15(7-9-16)10-11-4-5-11;/h11-12H,2-10,14H2,1H3;1H. The summed E-state index contributed by atoms with van der Waals surface area (Å²) in [6.07, 6.45) is 4.59. The maximum atomic E-state index is 12.0. The number of amides is 1. The van der Waals surface area contributed by atoms with Crippen LogP contribution in [0.1, 0.15) is 32.6 Å². The van der Waals surface area contributed by atoms with Crippen LogP contribution in [-0.2, 0) is 4.79 Å². The second-order valence-corrected chi connectivity index (χ2v) is 5.46. The first-order valence-corrected chi connectivity index (χ1v) is 6.97. The van der Waals surface area contributed by atoms with Crippen molar-refractivity contribution in [1.29, 1.82) is 0 Å². The Labute approximate surface area is 116 Å². The van der Waals surface area contributed by atoms with Crippen molar-refractivity contribution in [1.82, 2.24) is 9.80 Å². The zero-order chi connectivity index (χ0) is 12.3. The van der Waals surface area contributed by atoms with Crippen LogP contribution in [0.25, 0.3) is 0 Å². The van der Waals surface area contributed by atoms with Crippen molar-refractivity contribution in [3.8, 4) is 0 Å². The summed E-state index contributed by atoms with van der Waals surface area (Å²) in [5, 5.41) is 0. The average molecular weight is 276 g/mol. The number of piperazine rings is 1. The lowest BCUT2D eigenvalue weighted by Gasteiger charge is -2.35. The third kappa shape index (κ3) is 4.41. The SMILES string of the molecule is CCCC(N)C(=O)N1CCN(CC2CC2)CC1.Cl. The van der Waals surface area contributed by atoms with Crippen LogP contribution in [0.2, 0.25) is 0 Å². The highest BCUT2D eigenvalue weighted by Gasteiger charge is 2.28. The number of nitrogens with two attached hydrogens (primary N) is 1. The minimum absolute atomic E-state index is 0. The summed E-state index contributed by atoms with van der Waals surface area (Å²) < 4.78 is 0. The molecule has 0 aromatic rings. The van der Waals surface area contributed by atoms with E-state index in [4.69, 9.17) is 5.73 Å². The Morgan fingerprint density at radius 3 is 2.39 bits per heavy atom. The van der Waals surface area contributed by atoms with Gasteiger partial charge in [0, 0.05) is 32.7 Å². The van der Waals surface area contributed by atoms with E-state index in [1.807, 2.05) is 4.90 Å². The third-order valence-corrected chi connectivity index (χ3v) is 3.81. The first-order valence-electron chi connectivity index (χ1n) is 6.97. The Kier molecular flexibility index (Phi) is 6.39. The van der Waals surface area contributed by atoms with E-state index in [9.17, 15) is 4.79 Å². The minimum Gasteiger partial charge on any atom is -0.339 e. The second kappa shape index (κ2) is 7.31. The number of halogens is 1. The lowest BCUT2D eigenvalue weighted by molar-refractivity contribution is -0.134. The fraction of sp³-hybridized carbons (Fsp3) is 0.923. The molecule has 1 aliphatic heterocycles. The van der Waals surface area contributed by atoms with Gasteiger partial charge in [-0.05, 0) is 25.2 Å².